The summed E-state index contributed by atoms with van der Waals surface area (Å²) in [5.41, 5.74) is 0.915. The number of oxazole rings is 1. The van der Waals surface area contributed by atoms with Crippen molar-refractivity contribution in [2.75, 3.05) is 7.11 Å². The van der Waals surface area contributed by atoms with Crippen molar-refractivity contribution in [1.82, 2.24) is 10.3 Å². The van der Waals surface area contributed by atoms with Crippen LogP contribution < -0.4 is 5.32 Å². The highest BCUT2D eigenvalue weighted by Gasteiger charge is 2.16. The smallest absolute Gasteiger partial charge is 0.412 e. The Kier molecular flexibility index (Phi) is 4.92. The van der Waals surface area contributed by atoms with Crippen molar-refractivity contribution in [2.45, 2.75) is 6.61 Å². The average molecular weight is 302 g/mol. The number of aromatic nitrogens is 1. The van der Waals surface area contributed by atoms with Crippen LogP contribution in [0.15, 0.2) is 47.6 Å². The standard InChI is InChI=1S/C15H14N2O5/c1-10(13-17-12(9-21-13)14(18)20-2)16-15(19)22-8-11-6-4-3-5-7-11/h3-7,9H,1,8H2,2H3,(H,16,19). The Morgan fingerprint density at radius 3 is 2.73 bits per heavy atom. The zero-order valence-electron chi connectivity index (χ0n) is 11.9. The SMILES string of the molecule is C=C(NC(=O)OCc1ccccc1)c1nc(C(=O)OC)co1. The lowest BCUT2D eigenvalue weighted by Gasteiger charge is -2.06. The van der Waals surface area contributed by atoms with Crippen molar-refractivity contribution >= 4 is 17.8 Å². The van der Waals surface area contributed by atoms with Gasteiger partial charge in [0.25, 0.3) is 0 Å². The molecule has 0 aliphatic heterocycles. The molecule has 0 aliphatic rings. The Hall–Kier alpha value is -3.09. The van der Waals surface area contributed by atoms with E-state index < -0.39 is 12.1 Å². The summed E-state index contributed by atoms with van der Waals surface area (Å²) >= 11 is 0. The van der Waals surface area contributed by atoms with Gasteiger partial charge in [-0.05, 0) is 5.56 Å². The lowest BCUT2D eigenvalue weighted by Crippen LogP contribution is -2.22. The summed E-state index contributed by atoms with van der Waals surface area (Å²) in [6.07, 6.45) is 0.412. The fourth-order valence-corrected chi connectivity index (χ4v) is 1.55. The number of carbonyl (C=O) groups excluding carboxylic acids is 2. The molecule has 2 rings (SSSR count). The Morgan fingerprint density at radius 2 is 2.05 bits per heavy atom. The molecule has 2 aromatic rings. The Morgan fingerprint density at radius 1 is 1.32 bits per heavy atom. The molecule has 0 saturated carbocycles. The third kappa shape index (κ3) is 3.95. The van der Waals surface area contributed by atoms with Gasteiger partial charge in [0.05, 0.1) is 12.8 Å². The normalized spacial score (nSPS) is 9.86. The van der Waals surface area contributed by atoms with E-state index in [0.717, 1.165) is 11.8 Å². The van der Waals surface area contributed by atoms with Gasteiger partial charge in [-0.15, -0.1) is 0 Å². The van der Waals surface area contributed by atoms with Crippen molar-refractivity contribution in [3.63, 3.8) is 0 Å². The largest absolute Gasteiger partial charge is 0.464 e. The van der Waals surface area contributed by atoms with Crippen molar-refractivity contribution in [3.8, 4) is 0 Å². The van der Waals surface area contributed by atoms with Crippen LogP contribution in [0.4, 0.5) is 4.79 Å². The van der Waals surface area contributed by atoms with Crippen LogP contribution in [0.25, 0.3) is 5.70 Å². The van der Waals surface area contributed by atoms with Gasteiger partial charge in [-0.3, -0.25) is 5.32 Å². The van der Waals surface area contributed by atoms with Gasteiger partial charge >= 0.3 is 12.1 Å². The van der Waals surface area contributed by atoms with E-state index in [0.29, 0.717) is 0 Å². The second-order valence-electron chi connectivity index (χ2n) is 4.19. The van der Waals surface area contributed by atoms with Crippen molar-refractivity contribution in [3.05, 3.63) is 60.3 Å². The number of ether oxygens (including phenoxy) is 2. The number of hydrogen-bond acceptors (Lipinski definition) is 6. The van der Waals surface area contributed by atoms with Crippen LogP contribution in [0.1, 0.15) is 21.9 Å². The molecule has 0 bridgehead atoms. The van der Waals surface area contributed by atoms with E-state index in [2.05, 4.69) is 21.6 Å². The molecule has 0 fully saturated rings. The molecule has 1 aromatic carbocycles. The van der Waals surface area contributed by atoms with E-state index in [4.69, 9.17) is 9.15 Å². The maximum Gasteiger partial charge on any atom is 0.412 e. The molecule has 0 radical (unpaired) electrons. The van der Waals surface area contributed by atoms with Crippen LogP contribution in [-0.4, -0.2) is 24.2 Å². The molecular weight excluding hydrogens is 288 g/mol. The van der Waals surface area contributed by atoms with Crippen LogP contribution in [0.5, 0.6) is 0 Å². The molecule has 7 heteroatoms. The molecular formula is C15H14N2O5. The summed E-state index contributed by atoms with van der Waals surface area (Å²) in [7, 11) is 1.23. The summed E-state index contributed by atoms with van der Waals surface area (Å²) in [5.74, 6) is -0.647. The molecule has 1 N–H and O–H groups in total. The second-order valence-corrected chi connectivity index (χ2v) is 4.19. The van der Waals surface area contributed by atoms with Gasteiger partial charge in [0.2, 0.25) is 5.89 Å². The third-order valence-electron chi connectivity index (χ3n) is 2.62. The first-order valence-corrected chi connectivity index (χ1v) is 6.31. The van der Waals surface area contributed by atoms with Crippen LogP contribution >= 0.6 is 0 Å². The number of nitrogens with one attached hydrogen (secondary N) is 1. The highest BCUT2D eigenvalue weighted by Crippen LogP contribution is 2.10. The predicted molar refractivity (Wildman–Crippen MR) is 76.6 cm³/mol. The predicted octanol–water partition coefficient (Wildman–Crippen LogP) is 2.36. The molecule has 7 nitrogen and oxygen atoms in total. The van der Waals surface area contributed by atoms with Crippen molar-refractivity contribution in [1.29, 1.82) is 0 Å². The molecule has 0 saturated heterocycles. The number of amides is 1. The van der Waals surface area contributed by atoms with Crippen LogP contribution in [0.2, 0.25) is 0 Å². The van der Waals surface area contributed by atoms with Crippen LogP contribution in [-0.2, 0) is 16.1 Å². The zero-order valence-corrected chi connectivity index (χ0v) is 11.9. The van der Waals surface area contributed by atoms with Gasteiger partial charge in [-0.25, -0.2) is 14.6 Å². The van der Waals surface area contributed by atoms with E-state index in [-0.39, 0.29) is 23.9 Å². The summed E-state index contributed by atoms with van der Waals surface area (Å²) in [5, 5.41) is 2.37. The average Bonchev–Trinajstić information content (AvgIpc) is 3.03. The van der Waals surface area contributed by atoms with Gasteiger partial charge < -0.3 is 13.9 Å². The molecule has 1 heterocycles. The maximum absolute atomic E-state index is 11.6. The van der Waals surface area contributed by atoms with Gasteiger partial charge in [0.15, 0.2) is 5.69 Å². The molecule has 0 aliphatic carbocycles. The van der Waals surface area contributed by atoms with E-state index >= 15 is 0 Å². The number of esters is 1. The van der Waals surface area contributed by atoms with Gasteiger partial charge in [0.1, 0.15) is 12.9 Å². The zero-order chi connectivity index (χ0) is 15.9. The number of benzene rings is 1. The maximum atomic E-state index is 11.6. The minimum atomic E-state index is -0.702. The summed E-state index contributed by atoms with van der Waals surface area (Å²) in [4.78, 5) is 26.7. The lowest BCUT2D eigenvalue weighted by atomic mass is 10.2. The summed E-state index contributed by atoms with van der Waals surface area (Å²) in [6, 6.07) is 9.22. The number of alkyl carbamates (subject to hydrolysis) is 1. The highest BCUT2D eigenvalue weighted by molar-refractivity contribution is 5.87. The Bertz CT molecular complexity index is 678. The minimum Gasteiger partial charge on any atom is -0.464 e. The fraction of sp³-hybridized carbons (Fsp3) is 0.133. The number of hydrogen-bond donors (Lipinski definition) is 1. The highest BCUT2D eigenvalue weighted by atomic mass is 16.5. The molecule has 22 heavy (non-hydrogen) atoms. The van der Waals surface area contributed by atoms with Crippen molar-refractivity contribution < 1.29 is 23.5 Å². The van der Waals surface area contributed by atoms with Crippen molar-refractivity contribution in [2.24, 2.45) is 0 Å². The van der Waals surface area contributed by atoms with E-state index in [9.17, 15) is 9.59 Å². The van der Waals surface area contributed by atoms with E-state index in [1.165, 1.54) is 7.11 Å². The Labute approximate surface area is 126 Å². The summed E-state index contributed by atoms with van der Waals surface area (Å²) < 4.78 is 14.5. The van der Waals surface area contributed by atoms with E-state index in [1.54, 1.807) is 0 Å². The third-order valence-corrected chi connectivity index (χ3v) is 2.62. The minimum absolute atomic E-state index is 0.00272. The summed E-state index contributed by atoms with van der Waals surface area (Å²) in [6.45, 7) is 3.72. The lowest BCUT2D eigenvalue weighted by molar-refractivity contribution is 0.0594. The number of nitrogens with zero attached hydrogens (tertiary/aromatic N) is 1. The quantitative estimate of drug-likeness (QED) is 0.853. The van der Waals surface area contributed by atoms with E-state index in [1.807, 2.05) is 30.3 Å². The molecule has 0 atom stereocenters. The van der Waals surface area contributed by atoms with Crippen LogP contribution in [0, 0.1) is 0 Å². The fourth-order valence-electron chi connectivity index (χ4n) is 1.55. The van der Waals surface area contributed by atoms with Gasteiger partial charge in [-0.1, -0.05) is 36.9 Å². The second kappa shape index (κ2) is 7.07. The first-order valence-electron chi connectivity index (χ1n) is 6.31. The molecule has 1 aromatic heterocycles. The first-order chi connectivity index (χ1) is 10.6. The number of rotatable bonds is 5. The number of carbonyl (C=O) groups is 2. The van der Waals surface area contributed by atoms with Gasteiger partial charge in [0, 0.05) is 0 Å². The monoisotopic (exact) mass is 302 g/mol. The number of methoxy groups -OCH3 is 1. The molecule has 114 valence electrons. The topological polar surface area (TPSA) is 90.7 Å². The first kappa shape index (κ1) is 15.3. The Balaban J connectivity index is 1.87. The van der Waals surface area contributed by atoms with Gasteiger partial charge in [-0.2, -0.15) is 0 Å². The molecule has 1 amide bonds. The molecule has 0 unspecified atom stereocenters. The molecule has 0 spiro atoms. The van der Waals surface area contributed by atoms with Crippen LogP contribution in [0.3, 0.4) is 0 Å².